The van der Waals surface area contributed by atoms with Crippen molar-refractivity contribution in [2.75, 3.05) is 26.2 Å². The monoisotopic (exact) mass is 407 g/mol. The Morgan fingerprint density at radius 2 is 1.63 bits per heavy atom. The molecule has 2 heterocycles. The highest BCUT2D eigenvalue weighted by Gasteiger charge is 2.28. The summed E-state index contributed by atoms with van der Waals surface area (Å²) < 4.78 is 10.9. The number of carbonyl (C=O) groups excluding carboxylic acids is 2. The third kappa shape index (κ3) is 4.15. The molecule has 0 N–H and O–H groups in total. The molecule has 2 amide bonds. The number of amides is 2. The molecule has 0 radical (unpaired) electrons. The fraction of sp³-hybridized carbons (Fsp3) is 0.348. The van der Waals surface area contributed by atoms with Gasteiger partial charge in [-0.3, -0.25) is 4.79 Å². The quantitative estimate of drug-likeness (QED) is 0.637. The van der Waals surface area contributed by atoms with Crippen LogP contribution in [0, 0.1) is 0 Å². The minimum Gasteiger partial charge on any atom is -0.444 e. The summed E-state index contributed by atoms with van der Waals surface area (Å²) >= 11 is 0. The zero-order chi connectivity index (χ0) is 21.3. The number of fused-ring (bicyclic) bond motifs is 1. The largest absolute Gasteiger partial charge is 0.444 e. The van der Waals surface area contributed by atoms with E-state index in [9.17, 15) is 9.59 Å². The molecule has 3 aromatic rings. The first kappa shape index (κ1) is 19.9. The molecule has 1 fully saturated rings. The highest BCUT2D eigenvalue weighted by atomic mass is 16.6. The highest BCUT2D eigenvalue weighted by Crippen LogP contribution is 2.29. The Labute approximate surface area is 175 Å². The number of benzene rings is 2. The molecule has 0 atom stereocenters. The molecule has 2 aromatic carbocycles. The van der Waals surface area contributed by atoms with Gasteiger partial charge in [-0.15, -0.1) is 0 Å². The van der Waals surface area contributed by atoms with Crippen LogP contribution in [0.4, 0.5) is 4.79 Å². The molecule has 1 saturated heterocycles. The fourth-order valence-electron chi connectivity index (χ4n) is 3.47. The summed E-state index contributed by atoms with van der Waals surface area (Å²) in [5.41, 5.74) is 1.67. The Hall–Kier alpha value is -3.35. The molecule has 0 bridgehead atoms. The average Bonchev–Trinajstić information content (AvgIpc) is 3.16. The van der Waals surface area contributed by atoms with Gasteiger partial charge in [-0.1, -0.05) is 35.5 Å². The predicted octanol–water partition coefficient (Wildman–Crippen LogP) is 4.19. The van der Waals surface area contributed by atoms with Crippen molar-refractivity contribution in [3.05, 3.63) is 54.1 Å². The van der Waals surface area contributed by atoms with E-state index in [1.165, 1.54) is 0 Å². The van der Waals surface area contributed by atoms with Crippen molar-refractivity contribution in [2.24, 2.45) is 0 Å². The second-order valence-electron chi connectivity index (χ2n) is 8.37. The van der Waals surface area contributed by atoms with Gasteiger partial charge in [0.15, 0.2) is 5.76 Å². The van der Waals surface area contributed by atoms with Crippen LogP contribution in [-0.2, 0) is 4.74 Å². The van der Waals surface area contributed by atoms with Gasteiger partial charge in [-0.25, -0.2) is 4.79 Å². The lowest BCUT2D eigenvalue weighted by Crippen LogP contribution is -2.51. The molecule has 7 nitrogen and oxygen atoms in total. The van der Waals surface area contributed by atoms with Gasteiger partial charge in [0.05, 0.1) is 5.39 Å². The molecule has 7 heteroatoms. The van der Waals surface area contributed by atoms with Crippen molar-refractivity contribution in [3.63, 3.8) is 0 Å². The molecule has 0 spiro atoms. The lowest BCUT2D eigenvalue weighted by molar-refractivity contribution is 0.0141. The highest BCUT2D eigenvalue weighted by molar-refractivity contribution is 6.01. The Bertz CT molecular complexity index is 1060. The number of hydrogen-bond acceptors (Lipinski definition) is 5. The minimum atomic E-state index is -0.533. The van der Waals surface area contributed by atoms with E-state index in [0.717, 1.165) is 10.9 Å². The molecule has 0 aliphatic carbocycles. The maximum absolute atomic E-state index is 13.1. The first-order chi connectivity index (χ1) is 14.3. The van der Waals surface area contributed by atoms with Crippen molar-refractivity contribution >= 4 is 22.9 Å². The van der Waals surface area contributed by atoms with E-state index in [2.05, 4.69) is 5.16 Å². The molecular weight excluding hydrogens is 382 g/mol. The number of hydrogen-bond donors (Lipinski definition) is 0. The van der Waals surface area contributed by atoms with Gasteiger partial charge < -0.3 is 19.1 Å². The van der Waals surface area contributed by atoms with E-state index in [4.69, 9.17) is 9.26 Å². The van der Waals surface area contributed by atoms with E-state index in [1.54, 1.807) is 21.9 Å². The molecule has 1 aromatic heterocycles. The molecule has 0 saturated carbocycles. The number of carbonyl (C=O) groups is 2. The van der Waals surface area contributed by atoms with Crippen LogP contribution in [0.25, 0.3) is 22.2 Å². The summed E-state index contributed by atoms with van der Waals surface area (Å²) in [6, 6.07) is 15.1. The van der Waals surface area contributed by atoms with Crippen LogP contribution in [0.1, 0.15) is 31.1 Å². The van der Waals surface area contributed by atoms with Gasteiger partial charge in [-0.05, 0) is 39.0 Å². The lowest BCUT2D eigenvalue weighted by Gasteiger charge is -2.35. The second-order valence-corrected chi connectivity index (χ2v) is 8.37. The maximum Gasteiger partial charge on any atom is 0.410 e. The fourth-order valence-corrected chi connectivity index (χ4v) is 3.47. The summed E-state index contributed by atoms with van der Waals surface area (Å²) in [6.45, 7) is 7.35. The van der Waals surface area contributed by atoms with Gasteiger partial charge in [0.25, 0.3) is 5.91 Å². The standard InChI is InChI=1S/C23H25N3O4/c1-23(2,3)29-22(28)26-13-11-25(12-14-26)21(27)17-9-10-19-18(15-17)20(30-24-19)16-7-5-4-6-8-16/h4-10,15H,11-14H2,1-3H3. The summed E-state index contributed by atoms with van der Waals surface area (Å²) in [6.07, 6.45) is -0.340. The second kappa shape index (κ2) is 7.82. The van der Waals surface area contributed by atoms with Crippen LogP contribution < -0.4 is 0 Å². The Balaban J connectivity index is 1.48. The summed E-state index contributed by atoms with van der Waals surface area (Å²) in [5, 5.41) is 4.91. The number of ether oxygens (including phenoxy) is 1. The van der Waals surface area contributed by atoms with Crippen molar-refractivity contribution in [2.45, 2.75) is 26.4 Å². The van der Waals surface area contributed by atoms with E-state index in [1.807, 2.05) is 57.2 Å². The van der Waals surface area contributed by atoms with E-state index < -0.39 is 5.60 Å². The molecule has 1 aliphatic heterocycles. The predicted molar refractivity (Wildman–Crippen MR) is 113 cm³/mol. The number of aromatic nitrogens is 1. The summed E-state index contributed by atoms with van der Waals surface area (Å²) in [5.74, 6) is 0.580. The topological polar surface area (TPSA) is 75.9 Å². The smallest absolute Gasteiger partial charge is 0.410 e. The van der Waals surface area contributed by atoms with E-state index >= 15 is 0 Å². The molecular formula is C23H25N3O4. The number of rotatable bonds is 2. The molecule has 1 aliphatic rings. The summed E-state index contributed by atoms with van der Waals surface area (Å²) in [4.78, 5) is 28.7. The normalized spacial score (nSPS) is 14.8. The van der Waals surface area contributed by atoms with E-state index in [-0.39, 0.29) is 12.0 Å². The third-order valence-electron chi connectivity index (χ3n) is 4.98. The van der Waals surface area contributed by atoms with Gasteiger partial charge in [-0.2, -0.15) is 0 Å². The van der Waals surface area contributed by atoms with Crippen molar-refractivity contribution in [1.82, 2.24) is 15.0 Å². The van der Waals surface area contributed by atoms with Crippen molar-refractivity contribution < 1.29 is 18.8 Å². The summed E-state index contributed by atoms with van der Waals surface area (Å²) in [7, 11) is 0. The average molecular weight is 407 g/mol. The molecule has 4 rings (SSSR count). The van der Waals surface area contributed by atoms with E-state index in [0.29, 0.717) is 43.0 Å². The van der Waals surface area contributed by atoms with Gasteiger partial charge in [0.1, 0.15) is 11.1 Å². The van der Waals surface area contributed by atoms with Gasteiger partial charge in [0.2, 0.25) is 0 Å². The number of nitrogens with zero attached hydrogens (tertiary/aromatic N) is 3. The number of piperazine rings is 1. The van der Waals surface area contributed by atoms with Crippen LogP contribution in [0.3, 0.4) is 0 Å². The minimum absolute atomic E-state index is 0.0686. The van der Waals surface area contributed by atoms with Gasteiger partial charge in [0, 0.05) is 37.3 Å². The maximum atomic E-state index is 13.1. The SMILES string of the molecule is CC(C)(C)OC(=O)N1CCN(C(=O)c2ccc3noc(-c4ccccc4)c3c2)CC1. The Morgan fingerprint density at radius 3 is 2.30 bits per heavy atom. The van der Waals surface area contributed by atoms with Crippen LogP contribution in [-0.4, -0.2) is 58.7 Å². The van der Waals surface area contributed by atoms with Crippen LogP contribution in [0.2, 0.25) is 0 Å². The third-order valence-corrected chi connectivity index (χ3v) is 4.98. The van der Waals surface area contributed by atoms with Crippen molar-refractivity contribution in [1.29, 1.82) is 0 Å². The zero-order valence-electron chi connectivity index (χ0n) is 17.4. The van der Waals surface area contributed by atoms with Crippen LogP contribution in [0.5, 0.6) is 0 Å². The Morgan fingerprint density at radius 1 is 0.967 bits per heavy atom. The Kier molecular flexibility index (Phi) is 5.20. The molecule has 156 valence electrons. The lowest BCUT2D eigenvalue weighted by atomic mass is 10.1. The zero-order valence-corrected chi connectivity index (χ0v) is 17.4. The van der Waals surface area contributed by atoms with Gasteiger partial charge >= 0.3 is 6.09 Å². The molecule has 30 heavy (non-hydrogen) atoms. The van der Waals surface area contributed by atoms with Crippen LogP contribution >= 0.6 is 0 Å². The molecule has 0 unspecified atom stereocenters. The first-order valence-corrected chi connectivity index (χ1v) is 10.0. The van der Waals surface area contributed by atoms with Crippen molar-refractivity contribution in [3.8, 4) is 11.3 Å². The van der Waals surface area contributed by atoms with Crippen LogP contribution in [0.15, 0.2) is 53.1 Å². The first-order valence-electron chi connectivity index (χ1n) is 10.0.